The van der Waals surface area contributed by atoms with Gasteiger partial charge in [0.2, 0.25) is 11.8 Å². The Morgan fingerprint density at radius 3 is 2.66 bits per heavy atom. The van der Waals surface area contributed by atoms with Crippen LogP contribution in [-0.4, -0.2) is 24.3 Å². The maximum absolute atomic E-state index is 12.6. The van der Waals surface area contributed by atoms with Gasteiger partial charge < -0.3 is 15.5 Å². The highest BCUT2D eigenvalue weighted by molar-refractivity contribution is 5.98. The van der Waals surface area contributed by atoms with E-state index >= 15 is 0 Å². The second-order valence-electron chi connectivity index (χ2n) is 7.45. The summed E-state index contributed by atoms with van der Waals surface area (Å²) in [6, 6.07) is 12.9. The third kappa shape index (κ3) is 4.83. The van der Waals surface area contributed by atoms with Crippen molar-refractivity contribution in [3.63, 3.8) is 0 Å². The fourth-order valence-electron chi connectivity index (χ4n) is 3.36. The maximum Gasteiger partial charge on any atom is 0.251 e. The van der Waals surface area contributed by atoms with Crippen LogP contribution in [0, 0.1) is 5.92 Å². The lowest BCUT2D eigenvalue weighted by molar-refractivity contribution is -0.119. The molecule has 2 N–H and O–H groups in total. The minimum Gasteiger partial charge on any atom is -0.348 e. The molecule has 6 nitrogen and oxygen atoms in total. The maximum atomic E-state index is 12.6. The summed E-state index contributed by atoms with van der Waals surface area (Å²) in [6.07, 6.45) is 1.54. The molecule has 0 unspecified atom stereocenters. The third-order valence-corrected chi connectivity index (χ3v) is 5.32. The number of amides is 3. The number of nitrogens with one attached hydrogen (secondary N) is 2. The molecule has 0 aliphatic carbocycles. The molecule has 1 aliphatic rings. The molecule has 3 amide bonds. The Balaban J connectivity index is 1.62. The van der Waals surface area contributed by atoms with Crippen molar-refractivity contribution in [3.05, 3.63) is 59.2 Å². The lowest BCUT2D eigenvalue weighted by atomic mass is 10.1. The van der Waals surface area contributed by atoms with Gasteiger partial charge in [0.1, 0.15) is 0 Å². The molecule has 0 saturated heterocycles. The summed E-state index contributed by atoms with van der Waals surface area (Å²) in [5.41, 5.74) is 4.12. The normalized spacial score (nSPS) is 13.6. The lowest BCUT2D eigenvalue weighted by Crippen LogP contribution is -2.26. The van der Waals surface area contributed by atoms with Crippen molar-refractivity contribution < 1.29 is 14.4 Å². The van der Waals surface area contributed by atoms with Gasteiger partial charge in [-0.15, -0.1) is 0 Å². The van der Waals surface area contributed by atoms with Gasteiger partial charge in [-0.1, -0.05) is 26.0 Å². The van der Waals surface area contributed by atoms with Gasteiger partial charge in [0.15, 0.2) is 0 Å². The van der Waals surface area contributed by atoms with Gasteiger partial charge in [0.25, 0.3) is 5.91 Å². The minimum atomic E-state index is -0.164. The van der Waals surface area contributed by atoms with E-state index in [1.165, 1.54) is 0 Å². The molecule has 0 aromatic heterocycles. The van der Waals surface area contributed by atoms with Gasteiger partial charge in [-0.25, -0.2) is 0 Å². The highest BCUT2D eigenvalue weighted by Crippen LogP contribution is 2.28. The Labute approximate surface area is 171 Å². The Morgan fingerprint density at radius 1 is 1.14 bits per heavy atom. The van der Waals surface area contributed by atoms with E-state index in [0.717, 1.165) is 35.3 Å². The molecule has 152 valence electrons. The molecule has 2 aromatic rings. The van der Waals surface area contributed by atoms with E-state index in [1.54, 1.807) is 17.9 Å². The first-order valence-electron chi connectivity index (χ1n) is 9.98. The summed E-state index contributed by atoms with van der Waals surface area (Å²) >= 11 is 0. The fraction of sp³-hybridized carbons (Fsp3) is 0.348. The topological polar surface area (TPSA) is 78.5 Å². The molecule has 1 heterocycles. The van der Waals surface area contributed by atoms with Gasteiger partial charge in [-0.3, -0.25) is 14.4 Å². The molecule has 0 bridgehead atoms. The van der Waals surface area contributed by atoms with Crippen LogP contribution in [0.5, 0.6) is 0 Å². The van der Waals surface area contributed by atoms with Crippen molar-refractivity contribution in [2.45, 2.75) is 40.2 Å². The minimum absolute atomic E-state index is 0.00793. The largest absolute Gasteiger partial charge is 0.348 e. The van der Waals surface area contributed by atoms with Crippen molar-refractivity contribution in [2.24, 2.45) is 5.92 Å². The summed E-state index contributed by atoms with van der Waals surface area (Å²) < 4.78 is 0. The van der Waals surface area contributed by atoms with Crippen LogP contribution in [-0.2, 0) is 22.6 Å². The first-order valence-corrected chi connectivity index (χ1v) is 9.98. The highest BCUT2D eigenvalue weighted by Gasteiger charge is 2.23. The van der Waals surface area contributed by atoms with E-state index < -0.39 is 0 Å². The molecule has 29 heavy (non-hydrogen) atoms. The molecule has 1 aliphatic heterocycles. The van der Waals surface area contributed by atoms with E-state index in [2.05, 4.69) is 10.6 Å². The number of fused-ring (bicyclic) bond motifs is 1. The molecule has 0 radical (unpaired) electrons. The summed E-state index contributed by atoms with van der Waals surface area (Å²) in [4.78, 5) is 38.0. The SMILES string of the molecule is CC[C@H](C)C(=O)Nc1cccc(CNC(=O)c2ccc3c(c2)CCN3C(C)=O)c1. The van der Waals surface area contributed by atoms with Crippen molar-refractivity contribution in [3.8, 4) is 0 Å². The Hall–Kier alpha value is -3.15. The monoisotopic (exact) mass is 393 g/mol. The van der Waals surface area contributed by atoms with Crippen molar-refractivity contribution in [1.29, 1.82) is 0 Å². The number of hydrogen-bond donors (Lipinski definition) is 2. The van der Waals surface area contributed by atoms with Crippen LogP contribution >= 0.6 is 0 Å². The molecule has 6 heteroatoms. The van der Waals surface area contributed by atoms with Gasteiger partial charge in [0, 0.05) is 42.9 Å². The smallest absolute Gasteiger partial charge is 0.251 e. The molecule has 1 atom stereocenters. The first-order chi connectivity index (χ1) is 13.9. The Morgan fingerprint density at radius 2 is 1.93 bits per heavy atom. The summed E-state index contributed by atoms with van der Waals surface area (Å²) in [7, 11) is 0. The fourth-order valence-corrected chi connectivity index (χ4v) is 3.36. The zero-order chi connectivity index (χ0) is 21.0. The van der Waals surface area contributed by atoms with Crippen LogP contribution in [0.2, 0.25) is 0 Å². The molecule has 3 rings (SSSR count). The predicted octanol–water partition coefficient (Wildman–Crippen LogP) is 3.51. The Bertz CT molecular complexity index is 939. The number of benzene rings is 2. The second-order valence-corrected chi connectivity index (χ2v) is 7.45. The molecule has 0 spiro atoms. The summed E-state index contributed by atoms with van der Waals surface area (Å²) in [5, 5.41) is 5.83. The number of rotatable bonds is 6. The highest BCUT2D eigenvalue weighted by atomic mass is 16.2. The summed E-state index contributed by atoms with van der Waals surface area (Å²) in [6.45, 7) is 6.45. The molecular weight excluding hydrogens is 366 g/mol. The molecule has 0 saturated carbocycles. The Kier molecular flexibility index (Phi) is 6.32. The van der Waals surface area contributed by atoms with Gasteiger partial charge in [0.05, 0.1) is 0 Å². The van der Waals surface area contributed by atoms with Crippen molar-refractivity contribution in [2.75, 3.05) is 16.8 Å². The van der Waals surface area contributed by atoms with E-state index in [-0.39, 0.29) is 23.6 Å². The van der Waals surface area contributed by atoms with Crippen LogP contribution in [0.3, 0.4) is 0 Å². The van der Waals surface area contributed by atoms with Crippen molar-refractivity contribution in [1.82, 2.24) is 5.32 Å². The molecule has 0 fully saturated rings. The number of carbonyl (C=O) groups excluding carboxylic acids is 3. The average Bonchev–Trinajstić information content (AvgIpc) is 3.15. The van der Waals surface area contributed by atoms with Crippen LogP contribution in [0.25, 0.3) is 0 Å². The number of anilines is 2. The van der Waals surface area contributed by atoms with E-state index in [1.807, 2.05) is 50.2 Å². The standard InChI is InChI=1S/C23H27N3O3/c1-4-15(2)22(28)25-20-7-5-6-17(12-20)14-24-23(29)19-8-9-21-18(13-19)10-11-26(21)16(3)27/h5-9,12-13,15H,4,10-11,14H2,1-3H3,(H,24,29)(H,25,28)/t15-/m0/s1. The van der Waals surface area contributed by atoms with Crippen LogP contribution in [0.15, 0.2) is 42.5 Å². The van der Waals surface area contributed by atoms with E-state index in [4.69, 9.17) is 0 Å². The number of hydrogen-bond acceptors (Lipinski definition) is 3. The number of nitrogens with zero attached hydrogens (tertiary/aromatic N) is 1. The van der Waals surface area contributed by atoms with Crippen molar-refractivity contribution >= 4 is 29.1 Å². The van der Waals surface area contributed by atoms with Gasteiger partial charge in [-0.2, -0.15) is 0 Å². The van der Waals surface area contributed by atoms with E-state index in [9.17, 15) is 14.4 Å². The van der Waals surface area contributed by atoms with E-state index in [0.29, 0.717) is 18.7 Å². The quantitative estimate of drug-likeness (QED) is 0.788. The number of carbonyl (C=O) groups is 3. The van der Waals surface area contributed by atoms with Crippen LogP contribution in [0.4, 0.5) is 11.4 Å². The van der Waals surface area contributed by atoms with Crippen LogP contribution in [0.1, 0.15) is 48.7 Å². The average molecular weight is 393 g/mol. The first kappa shape index (κ1) is 20.6. The molecule has 2 aromatic carbocycles. The summed E-state index contributed by atoms with van der Waals surface area (Å²) in [5.74, 6) is -0.201. The lowest BCUT2D eigenvalue weighted by Gasteiger charge is -2.15. The molecular formula is C23H27N3O3. The zero-order valence-corrected chi connectivity index (χ0v) is 17.1. The second kappa shape index (κ2) is 8.90. The van der Waals surface area contributed by atoms with Gasteiger partial charge >= 0.3 is 0 Å². The zero-order valence-electron chi connectivity index (χ0n) is 17.1. The predicted molar refractivity (Wildman–Crippen MR) is 114 cm³/mol. The van der Waals surface area contributed by atoms with Gasteiger partial charge in [-0.05, 0) is 54.3 Å². The third-order valence-electron chi connectivity index (χ3n) is 5.32. The van der Waals surface area contributed by atoms with Crippen LogP contribution < -0.4 is 15.5 Å².